The van der Waals surface area contributed by atoms with Crippen LogP contribution in [-0.4, -0.2) is 17.1 Å². The van der Waals surface area contributed by atoms with Crippen LogP contribution in [0, 0.1) is 10.1 Å². The molecule has 0 amide bonds. The van der Waals surface area contributed by atoms with Gasteiger partial charge >= 0.3 is 5.69 Å². The van der Waals surface area contributed by atoms with Crippen LogP contribution in [0.2, 0.25) is 0 Å². The van der Waals surface area contributed by atoms with Gasteiger partial charge in [-0.25, -0.2) is 0 Å². The fraction of sp³-hybridized carbons (Fsp3) is 0.143. The number of nitro groups is 1. The van der Waals surface area contributed by atoms with Crippen LogP contribution in [0.1, 0.15) is 5.56 Å². The summed E-state index contributed by atoms with van der Waals surface area (Å²) in [6.07, 6.45) is 0. The van der Waals surface area contributed by atoms with Gasteiger partial charge in [-0.2, -0.15) is 0 Å². The van der Waals surface area contributed by atoms with E-state index < -0.39 is 4.92 Å². The molecule has 2 aromatic rings. The number of benzene rings is 2. The van der Waals surface area contributed by atoms with Crippen LogP contribution in [0.5, 0.6) is 17.2 Å². The highest BCUT2D eigenvalue weighted by Crippen LogP contribution is 2.33. The molecule has 2 rings (SSSR count). The van der Waals surface area contributed by atoms with Crippen molar-refractivity contribution in [1.82, 2.24) is 0 Å². The van der Waals surface area contributed by atoms with Gasteiger partial charge < -0.3 is 14.6 Å². The van der Waals surface area contributed by atoms with Crippen LogP contribution in [0.4, 0.5) is 5.69 Å². The van der Waals surface area contributed by atoms with Gasteiger partial charge in [-0.3, -0.25) is 10.1 Å². The van der Waals surface area contributed by atoms with E-state index in [0.29, 0.717) is 11.5 Å². The number of methoxy groups -OCH3 is 1. The molecule has 0 unspecified atom stereocenters. The highest BCUT2D eigenvalue weighted by atomic mass is 16.6. The number of hydrogen-bond donors (Lipinski definition) is 1. The molecule has 0 heterocycles. The molecule has 0 saturated carbocycles. The highest BCUT2D eigenvalue weighted by molar-refractivity contribution is 5.51. The molecule has 0 aromatic heterocycles. The van der Waals surface area contributed by atoms with E-state index in [2.05, 4.69) is 0 Å². The van der Waals surface area contributed by atoms with Crippen LogP contribution in [0.3, 0.4) is 0 Å². The lowest BCUT2D eigenvalue weighted by molar-refractivity contribution is -0.385. The molecule has 0 saturated heterocycles. The lowest BCUT2D eigenvalue weighted by Gasteiger charge is -2.08. The third kappa shape index (κ3) is 3.04. The molecular weight excluding hydrogens is 262 g/mol. The first-order chi connectivity index (χ1) is 9.63. The Morgan fingerprint density at radius 1 is 1.20 bits per heavy atom. The largest absolute Gasteiger partial charge is 0.490 e. The van der Waals surface area contributed by atoms with E-state index in [1.807, 2.05) is 0 Å². The number of aliphatic hydroxyl groups is 1. The number of nitro benzene ring substituents is 1. The molecular formula is C14H13NO5. The summed E-state index contributed by atoms with van der Waals surface area (Å²) in [7, 11) is 1.36. The average molecular weight is 275 g/mol. The van der Waals surface area contributed by atoms with Crippen molar-refractivity contribution >= 4 is 5.69 Å². The zero-order valence-electron chi connectivity index (χ0n) is 10.8. The molecule has 0 bridgehead atoms. The summed E-state index contributed by atoms with van der Waals surface area (Å²) in [5.74, 6) is 1.08. The molecule has 0 spiro atoms. The minimum atomic E-state index is -0.519. The van der Waals surface area contributed by atoms with Gasteiger partial charge in [0.2, 0.25) is 5.75 Å². The van der Waals surface area contributed by atoms with E-state index in [4.69, 9.17) is 14.6 Å². The monoisotopic (exact) mass is 275 g/mol. The topological polar surface area (TPSA) is 81.8 Å². The molecule has 20 heavy (non-hydrogen) atoms. The first-order valence-corrected chi connectivity index (χ1v) is 5.84. The zero-order valence-corrected chi connectivity index (χ0v) is 10.8. The van der Waals surface area contributed by atoms with Crippen molar-refractivity contribution in [3.05, 3.63) is 58.1 Å². The molecule has 0 aliphatic rings. The Morgan fingerprint density at radius 3 is 2.60 bits per heavy atom. The Morgan fingerprint density at radius 2 is 1.95 bits per heavy atom. The fourth-order valence-corrected chi connectivity index (χ4v) is 1.72. The third-order valence-electron chi connectivity index (χ3n) is 2.66. The Kier molecular flexibility index (Phi) is 4.17. The van der Waals surface area contributed by atoms with Crippen molar-refractivity contribution in [2.45, 2.75) is 6.61 Å². The third-order valence-corrected chi connectivity index (χ3v) is 2.66. The Hall–Kier alpha value is -2.60. The van der Waals surface area contributed by atoms with Crippen LogP contribution in [-0.2, 0) is 6.61 Å². The van der Waals surface area contributed by atoms with Gasteiger partial charge in [0.15, 0.2) is 0 Å². The van der Waals surface area contributed by atoms with Gasteiger partial charge in [-0.05, 0) is 23.8 Å². The Labute approximate surface area is 115 Å². The van der Waals surface area contributed by atoms with Crippen molar-refractivity contribution < 1.29 is 19.5 Å². The molecule has 2 aromatic carbocycles. The molecule has 0 aliphatic heterocycles. The summed E-state index contributed by atoms with van der Waals surface area (Å²) in [4.78, 5) is 10.3. The van der Waals surface area contributed by atoms with E-state index in [1.165, 1.54) is 25.3 Å². The van der Waals surface area contributed by atoms with Crippen LogP contribution in [0.15, 0.2) is 42.5 Å². The van der Waals surface area contributed by atoms with Gasteiger partial charge in [0.05, 0.1) is 18.6 Å². The Balaban J connectivity index is 2.27. The summed E-state index contributed by atoms with van der Waals surface area (Å²) in [5.41, 5.74) is 0.598. The normalized spacial score (nSPS) is 10.1. The van der Waals surface area contributed by atoms with E-state index in [0.717, 1.165) is 5.56 Å². The maximum absolute atomic E-state index is 10.8. The van der Waals surface area contributed by atoms with Gasteiger partial charge in [0.25, 0.3) is 0 Å². The van der Waals surface area contributed by atoms with Crippen molar-refractivity contribution in [1.29, 1.82) is 0 Å². The summed E-state index contributed by atoms with van der Waals surface area (Å²) < 4.78 is 10.6. The van der Waals surface area contributed by atoms with Gasteiger partial charge in [-0.1, -0.05) is 12.1 Å². The van der Waals surface area contributed by atoms with E-state index in [-0.39, 0.29) is 18.0 Å². The second-order valence-electron chi connectivity index (χ2n) is 4.00. The SMILES string of the molecule is COc1cc(Oc2cccc(CO)c2)ccc1[N+](=O)[O-]. The summed E-state index contributed by atoms with van der Waals surface area (Å²) in [6, 6.07) is 11.2. The van der Waals surface area contributed by atoms with Gasteiger partial charge in [0, 0.05) is 12.1 Å². The smallest absolute Gasteiger partial charge is 0.311 e. The standard InChI is InChI=1S/C14H13NO5/c1-19-14-8-12(5-6-13(14)15(17)18)20-11-4-2-3-10(7-11)9-16/h2-8,16H,9H2,1H3. The second kappa shape index (κ2) is 6.03. The minimum Gasteiger partial charge on any atom is -0.490 e. The van der Waals surface area contributed by atoms with E-state index >= 15 is 0 Å². The number of rotatable bonds is 5. The minimum absolute atomic E-state index is 0.0826. The molecule has 0 aliphatic carbocycles. The fourth-order valence-electron chi connectivity index (χ4n) is 1.72. The summed E-state index contributed by atoms with van der Waals surface area (Å²) >= 11 is 0. The summed E-state index contributed by atoms with van der Waals surface area (Å²) in [5, 5.41) is 19.8. The molecule has 6 nitrogen and oxygen atoms in total. The van der Waals surface area contributed by atoms with Crippen molar-refractivity contribution in [3.63, 3.8) is 0 Å². The summed E-state index contributed by atoms with van der Waals surface area (Å²) in [6.45, 7) is -0.0826. The quantitative estimate of drug-likeness (QED) is 0.670. The number of nitrogens with zero attached hydrogens (tertiary/aromatic N) is 1. The average Bonchev–Trinajstić information content (AvgIpc) is 2.47. The first kappa shape index (κ1) is 13.8. The van der Waals surface area contributed by atoms with Crippen molar-refractivity contribution in [2.75, 3.05) is 7.11 Å². The van der Waals surface area contributed by atoms with Crippen LogP contribution < -0.4 is 9.47 Å². The number of hydrogen-bond acceptors (Lipinski definition) is 5. The zero-order chi connectivity index (χ0) is 14.5. The predicted octanol–water partition coefficient (Wildman–Crippen LogP) is 2.89. The second-order valence-corrected chi connectivity index (χ2v) is 4.00. The van der Waals surface area contributed by atoms with Crippen LogP contribution in [0.25, 0.3) is 0 Å². The number of ether oxygens (including phenoxy) is 2. The van der Waals surface area contributed by atoms with Gasteiger partial charge in [-0.15, -0.1) is 0 Å². The molecule has 0 atom stereocenters. The first-order valence-electron chi connectivity index (χ1n) is 5.84. The molecule has 104 valence electrons. The molecule has 6 heteroatoms. The van der Waals surface area contributed by atoms with Gasteiger partial charge in [0.1, 0.15) is 11.5 Å². The van der Waals surface area contributed by atoms with E-state index in [9.17, 15) is 10.1 Å². The Bertz CT molecular complexity index is 627. The maximum Gasteiger partial charge on any atom is 0.311 e. The number of aliphatic hydroxyl groups excluding tert-OH is 1. The maximum atomic E-state index is 10.8. The van der Waals surface area contributed by atoms with Crippen molar-refractivity contribution in [2.24, 2.45) is 0 Å². The van der Waals surface area contributed by atoms with Crippen LogP contribution >= 0.6 is 0 Å². The lowest BCUT2D eigenvalue weighted by atomic mass is 10.2. The molecule has 0 radical (unpaired) electrons. The molecule has 1 N–H and O–H groups in total. The highest BCUT2D eigenvalue weighted by Gasteiger charge is 2.15. The molecule has 0 fully saturated rings. The predicted molar refractivity (Wildman–Crippen MR) is 72.1 cm³/mol. The van der Waals surface area contributed by atoms with E-state index in [1.54, 1.807) is 24.3 Å². The lowest BCUT2D eigenvalue weighted by Crippen LogP contribution is -1.94. The van der Waals surface area contributed by atoms with Crippen molar-refractivity contribution in [3.8, 4) is 17.2 Å².